The van der Waals surface area contributed by atoms with Crippen LogP contribution < -0.4 is 5.32 Å². The third-order valence-electron chi connectivity index (χ3n) is 6.29. The molecule has 3 aromatic carbocycles. The molecule has 0 aliphatic heterocycles. The number of imidazole rings is 1. The molecular weight excluding hydrogens is 414 g/mol. The number of hydrogen-bond donors (Lipinski definition) is 2. The SMILES string of the molecule is CCCCn1c(CO)nc2cc(NC(=O)OCC3c4ccccc4-c4ccccc43)ccc21. The third kappa shape index (κ3) is 3.98. The molecule has 1 heterocycles. The number of ether oxygens (including phenoxy) is 1. The van der Waals surface area contributed by atoms with Gasteiger partial charge >= 0.3 is 6.09 Å². The topological polar surface area (TPSA) is 76.4 Å². The van der Waals surface area contributed by atoms with Crippen LogP contribution in [0.15, 0.2) is 66.7 Å². The molecule has 168 valence electrons. The number of amides is 1. The molecule has 33 heavy (non-hydrogen) atoms. The van der Waals surface area contributed by atoms with Gasteiger partial charge in [-0.2, -0.15) is 0 Å². The van der Waals surface area contributed by atoms with E-state index in [9.17, 15) is 9.90 Å². The first-order valence-corrected chi connectivity index (χ1v) is 11.4. The van der Waals surface area contributed by atoms with E-state index in [0.717, 1.165) is 30.4 Å². The first kappa shape index (κ1) is 21.2. The minimum absolute atomic E-state index is 0.0204. The van der Waals surface area contributed by atoms with Crippen LogP contribution in [0.2, 0.25) is 0 Å². The van der Waals surface area contributed by atoms with E-state index < -0.39 is 6.09 Å². The Bertz CT molecular complexity index is 1270. The summed E-state index contributed by atoms with van der Waals surface area (Å²) in [5, 5.41) is 12.5. The van der Waals surface area contributed by atoms with Crippen molar-refractivity contribution in [2.75, 3.05) is 11.9 Å². The van der Waals surface area contributed by atoms with Crippen molar-refractivity contribution in [3.8, 4) is 11.1 Å². The van der Waals surface area contributed by atoms with Crippen molar-refractivity contribution >= 4 is 22.8 Å². The van der Waals surface area contributed by atoms with Gasteiger partial charge in [-0.25, -0.2) is 9.78 Å². The molecule has 4 aromatic rings. The Morgan fingerprint density at radius 1 is 1.06 bits per heavy atom. The molecule has 5 rings (SSSR count). The first-order chi connectivity index (χ1) is 16.2. The van der Waals surface area contributed by atoms with E-state index in [2.05, 4.69) is 41.5 Å². The summed E-state index contributed by atoms with van der Waals surface area (Å²) < 4.78 is 7.68. The Morgan fingerprint density at radius 3 is 2.42 bits per heavy atom. The van der Waals surface area contributed by atoms with Gasteiger partial charge in [0.2, 0.25) is 0 Å². The standard InChI is InChI=1S/C27H27N3O3/c1-2-3-14-30-25-13-12-18(15-24(25)29-26(30)16-31)28-27(32)33-17-23-21-10-6-4-8-19(21)20-9-5-7-11-22(20)23/h4-13,15,23,31H,2-3,14,16-17H2,1H3,(H,28,32). The quantitative estimate of drug-likeness (QED) is 0.386. The third-order valence-corrected chi connectivity index (χ3v) is 6.29. The van der Waals surface area contributed by atoms with Crippen molar-refractivity contribution in [1.29, 1.82) is 0 Å². The second kappa shape index (κ2) is 9.08. The number of benzene rings is 3. The number of aliphatic hydroxyl groups excluding tert-OH is 1. The van der Waals surface area contributed by atoms with Crippen LogP contribution in [0, 0.1) is 0 Å². The van der Waals surface area contributed by atoms with Crippen molar-refractivity contribution in [1.82, 2.24) is 9.55 Å². The maximum atomic E-state index is 12.6. The normalized spacial score (nSPS) is 12.5. The Labute approximate surface area is 192 Å². The Morgan fingerprint density at radius 2 is 1.76 bits per heavy atom. The number of unbranched alkanes of at least 4 members (excludes halogenated alkanes) is 1. The Hall–Kier alpha value is -3.64. The summed E-state index contributed by atoms with van der Waals surface area (Å²) in [5.41, 5.74) is 7.07. The Balaban J connectivity index is 1.30. The second-order valence-corrected chi connectivity index (χ2v) is 8.35. The van der Waals surface area contributed by atoms with Crippen molar-refractivity contribution in [2.45, 2.75) is 38.8 Å². The van der Waals surface area contributed by atoms with Gasteiger partial charge in [-0.1, -0.05) is 61.9 Å². The highest BCUT2D eigenvalue weighted by molar-refractivity contribution is 5.89. The monoisotopic (exact) mass is 441 g/mol. The fourth-order valence-electron chi connectivity index (χ4n) is 4.70. The van der Waals surface area contributed by atoms with Crippen LogP contribution in [0.1, 0.15) is 42.6 Å². The van der Waals surface area contributed by atoms with Gasteiger partial charge in [0.1, 0.15) is 19.0 Å². The number of nitrogens with zero attached hydrogens (tertiary/aromatic N) is 2. The zero-order valence-corrected chi connectivity index (χ0v) is 18.6. The predicted molar refractivity (Wildman–Crippen MR) is 129 cm³/mol. The number of aromatic nitrogens is 2. The Kier molecular flexibility index (Phi) is 5.84. The number of nitrogens with one attached hydrogen (secondary N) is 1. The number of aliphatic hydroxyl groups is 1. The van der Waals surface area contributed by atoms with E-state index in [1.165, 1.54) is 22.3 Å². The minimum Gasteiger partial charge on any atom is -0.448 e. The summed E-state index contributed by atoms with van der Waals surface area (Å²) >= 11 is 0. The molecule has 6 nitrogen and oxygen atoms in total. The van der Waals surface area contributed by atoms with Crippen LogP contribution in [-0.2, 0) is 17.9 Å². The lowest BCUT2D eigenvalue weighted by atomic mass is 9.98. The zero-order chi connectivity index (χ0) is 22.8. The highest BCUT2D eigenvalue weighted by Crippen LogP contribution is 2.44. The van der Waals surface area contributed by atoms with Crippen molar-refractivity contribution in [3.63, 3.8) is 0 Å². The van der Waals surface area contributed by atoms with Crippen molar-refractivity contribution in [2.24, 2.45) is 0 Å². The molecule has 0 saturated heterocycles. The van der Waals surface area contributed by atoms with E-state index in [1.807, 2.05) is 47.0 Å². The molecule has 0 spiro atoms. The molecule has 1 aromatic heterocycles. The fraction of sp³-hybridized carbons (Fsp3) is 0.259. The van der Waals surface area contributed by atoms with Crippen LogP contribution in [0.5, 0.6) is 0 Å². The van der Waals surface area contributed by atoms with Crippen LogP contribution >= 0.6 is 0 Å². The summed E-state index contributed by atoms with van der Waals surface area (Å²) in [7, 11) is 0. The lowest BCUT2D eigenvalue weighted by Crippen LogP contribution is -2.17. The smallest absolute Gasteiger partial charge is 0.411 e. The number of aryl methyl sites for hydroxylation is 1. The average Bonchev–Trinajstić information content (AvgIpc) is 3.36. The summed E-state index contributed by atoms with van der Waals surface area (Å²) in [4.78, 5) is 17.1. The number of carbonyl (C=O) groups is 1. The number of hydrogen-bond acceptors (Lipinski definition) is 4. The molecule has 2 N–H and O–H groups in total. The maximum Gasteiger partial charge on any atom is 0.411 e. The fourth-order valence-corrected chi connectivity index (χ4v) is 4.70. The highest BCUT2D eigenvalue weighted by Gasteiger charge is 2.29. The molecule has 1 amide bonds. The molecule has 1 aliphatic carbocycles. The molecule has 0 fully saturated rings. The van der Waals surface area contributed by atoms with Gasteiger partial charge in [0.15, 0.2) is 0 Å². The van der Waals surface area contributed by atoms with Gasteiger partial charge in [-0.05, 0) is 46.9 Å². The molecular formula is C27H27N3O3. The van der Waals surface area contributed by atoms with E-state index in [4.69, 9.17) is 4.74 Å². The summed E-state index contributed by atoms with van der Waals surface area (Å²) in [5.74, 6) is 0.656. The first-order valence-electron chi connectivity index (χ1n) is 11.4. The zero-order valence-electron chi connectivity index (χ0n) is 18.6. The largest absolute Gasteiger partial charge is 0.448 e. The molecule has 0 radical (unpaired) electrons. The van der Waals surface area contributed by atoms with Crippen LogP contribution in [0.25, 0.3) is 22.2 Å². The van der Waals surface area contributed by atoms with Crippen LogP contribution in [0.3, 0.4) is 0 Å². The minimum atomic E-state index is -0.496. The average molecular weight is 442 g/mol. The van der Waals surface area contributed by atoms with Gasteiger partial charge < -0.3 is 14.4 Å². The van der Waals surface area contributed by atoms with Gasteiger partial charge in [-0.3, -0.25) is 5.32 Å². The number of carbonyl (C=O) groups excluding carboxylic acids is 1. The maximum absolute atomic E-state index is 12.6. The van der Waals surface area contributed by atoms with Crippen LogP contribution in [0.4, 0.5) is 10.5 Å². The number of rotatable bonds is 7. The summed E-state index contributed by atoms with van der Waals surface area (Å²) in [6, 6.07) is 22.1. The van der Waals surface area contributed by atoms with Crippen LogP contribution in [-0.4, -0.2) is 27.4 Å². The van der Waals surface area contributed by atoms with Gasteiger partial charge in [0, 0.05) is 18.2 Å². The van der Waals surface area contributed by atoms with Gasteiger partial charge in [0.05, 0.1) is 11.0 Å². The molecule has 6 heteroatoms. The van der Waals surface area contributed by atoms with E-state index in [-0.39, 0.29) is 19.1 Å². The summed E-state index contributed by atoms with van der Waals surface area (Å²) in [6.07, 6.45) is 1.58. The second-order valence-electron chi connectivity index (χ2n) is 8.35. The molecule has 0 bridgehead atoms. The molecule has 0 saturated carbocycles. The summed E-state index contributed by atoms with van der Waals surface area (Å²) in [6.45, 7) is 3.09. The predicted octanol–water partition coefficient (Wildman–Crippen LogP) is 5.69. The van der Waals surface area contributed by atoms with E-state index >= 15 is 0 Å². The van der Waals surface area contributed by atoms with E-state index in [0.29, 0.717) is 11.5 Å². The van der Waals surface area contributed by atoms with E-state index in [1.54, 1.807) is 0 Å². The van der Waals surface area contributed by atoms with Crippen molar-refractivity contribution in [3.05, 3.63) is 83.7 Å². The number of fused-ring (bicyclic) bond motifs is 4. The van der Waals surface area contributed by atoms with Gasteiger partial charge in [0.25, 0.3) is 0 Å². The lowest BCUT2D eigenvalue weighted by molar-refractivity contribution is 0.158. The number of anilines is 1. The molecule has 1 aliphatic rings. The van der Waals surface area contributed by atoms with Crippen molar-refractivity contribution < 1.29 is 14.6 Å². The molecule has 0 atom stereocenters. The lowest BCUT2D eigenvalue weighted by Gasteiger charge is -2.14. The molecule has 0 unspecified atom stereocenters. The highest BCUT2D eigenvalue weighted by atomic mass is 16.5. The van der Waals surface area contributed by atoms with Gasteiger partial charge in [-0.15, -0.1) is 0 Å².